The molecule has 1 N–H and O–H groups in total. The van der Waals surface area contributed by atoms with E-state index in [4.69, 9.17) is 4.74 Å². The Morgan fingerprint density at radius 2 is 2.15 bits per heavy atom. The zero-order valence-electron chi connectivity index (χ0n) is 11.7. The molecule has 0 fully saturated rings. The SMILES string of the molecule is CNC(c1cc2c(s1)CCC2)c1cc(F)ccc1OC. The second-order valence-corrected chi connectivity index (χ2v) is 6.23. The van der Waals surface area contributed by atoms with Crippen molar-refractivity contribution in [2.75, 3.05) is 14.2 Å². The van der Waals surface area contributed by atoms with Gasteiger partial charge in [-0.1, -0.05) is 0 Å². The number of ether oxygens (including phenoxy) is 1. The lowest BCUT2D eigenvalue weighted by Gasteiger charge is -2.18. The Hall–Kier alpha value is -1.39. The number of thiophene rings is 1. The molecule has 4 heteroatoms. The van der Waals surface area contributed by atoms with Crippen LogP contribution in [0.5, 0.6) is 5.75 Å². The maximum atomic E-state index is 13.6. The topological polar surface area (TPSA) is 21.3 Å². The van der Waals surface area contributed by atoms with Crippen molar-refractivity contribution in [3.8, 4) is 5.75 Å². The van der Waals surface area contributed by atoms with Gasteiger partial charge in [-0.15, -0.1) is 11.3 Å². The van der Waals surface area contributed by atoms with Gasteiger partial charge in [-0.3, -0.25) is 0 Å². The van der Waals surface area contributed by atoms with Gasteiger partial charge in [0.05, 0.1) is 13.2 Å². The van der Waals surface area contributed by atoms with Crippen LogP contribution in [0.3, 0.4) is 0 Å². The fraction of sp³-hybridized carbons (Fsp3) is 0.375. The molecule has 0 amide bonds. The maximum Gasteiger partial charge on any atom is 0.124 e. The van der Waals surface area contributed by atoms with Crippen molar-refractivity contribution in [1.82, 2.24) is 5.32 Å². The minimum absolute atomic E-state index is 0.0174. The van der Waals surface area contributed by atoms with Crippen LogP contribution in [0.2, 0.25) is 0 Å². The first-order valence-electron chi connectivity index (χ1n) is 6.85. The summed E-state index contributed by atoms with van der Waals surface area (Å²) in [7, 11) is 3.53. The maximum absolute atomic E-state index is 13.6. The lowest BCUT2D eigenvalue weighted by molar-refractivity contribution is 0.404. The van der Waals surface area contributed by atoms with E-state index in [1.165, 1.54) is 40.6 Å². The fourth-order valence-electron chi connectivity index (χ4n) is 2.88. The van der Waals surface area contributed by atoms with E-state index >= 15 is 0 Å². The van der Waals surface area contributed by atoms with Gasteiger partial charge in [0.1, 0.15) is 11.6 Å². The number of methoxy groups -OCH3 is 1. The van der Waals surface area contributed by atoms with E-state index in [-0.39, 0.29) is 11.9 Å². The van der Waals surface area contributed by atoms with E-state index in [1.807, 2.05) is 18.4 Å². The zero-order valence-corrected chi connectivity index (χ0v) is 12.5. The van der Waals surface area contributed by atoms with Gasteiger partial charge in [-0.25, -0.2) is 4.39 Å². The van der Waals surface area contributed by atoms with Crippen molar-refractivity contribution in [3.05, 3.63) is 51.0 Å². The van der Waals surface area contributed by atoms with Crippen LogP contribution in [-0.2, 0) is 12.8 Å². The molecule has 20 heavy (non-hydrogen) atoms. The Balaban J connectivity index is 2.02. The monoisotopic (exact) mass is 291 g/mol. The highest BCUT2D eigenvalue weighted by Crippen LogP contribution is 2.38. The molecule has 1 heterocycles. The van der Waals surface area contributed by atoms with Crippen LogP contribution in [0.25, 0.3) is 0 Å². The summed E-state index contributed by atoms with van der Waals surface area (Å²) in [6.07, 6.45) is 3.61. The van der Waals surface area contributed by atoms with Crippen molar-refractivity contribution in [2.24, 2.45) is 0 Å². The van der Waals surface area contributed by atoms with Gasteiger partial charge < -0.3 is 10.1 Å². The summed E-state index contributed by atoms with van der Waals surface area (Å²) < 4.78 is 19.0. The molecule has 1 aliphatic carbocycles. The number of fused-ring (bicyclic) bond motifs is 1. The van der Waals surface area contributed by atoms with Gasteiger partial charge in [0.15, 0.2) is 0 Å². The first kappa shape index (κ1) is 13.6. The molecule has 0 radical (unpaired) electrons. The van der Waals surface area contributed by atoms with Crippen LogP contribution in [-0.4, -0.2) is 14.2 Å². The van der Waals surface area contributed by atoms with E-state index in [9.17, 15) is 4.39 Å². The van der Waals surface area contributed by atoms with E-state index < -0.39 is 0 Å². The van der Waals surface area contributed by atoms with Gasteiger partial charge in [0.25, 0.3) is 0 Å². The summed E-state index contributed by atoms with van der Waals surface area (Å²) >= 11 is 1.83. The number of aryl methyl sites for hydroxylation is 2. The van der Waals surface area contributed by atoms with E-state index in [2.05, 4.69) is 11.4 Å². The van der Waals surface area contributed by atoms with Gasteiger partial charge in [0.2, 0.25) is 0 Å². The van der Waals surface area contributed by atoms with Gasteiger partial charge in [-0.05, 0) is 56.1 Å². The average molecular weight is 291 g/mol. The first-order valence-corrected chi connectivity index (χ1v) is 7.66. The molecule has 2 nitrogen and oxygen atoms in total. The number of rotatable bonds is 4. The molecule has 106 valence electrons. The summed E-state index contributed by atoms with van der Waals surface area (Å²) in [5, 5.41) is 3.29. The lowest BCUT2D eigenvalue weighted by Crippen LogP contribution is -2.17. The predicted octanol–water partition coefficient (Wildman–Crippen LogP) is 3.69. The van der Waals surface area contributed by atoms with Crippen molar-refractivity contribution in [2.45, 2.75) is 25.3 Å². The summed E-state index contributed by atoms with van der Waals surface area (Å²) in [6.45, 7) is 0. The number of hydrogen-bond donors (Lipinski definition) is 1. The third-order valence-electron chi connectivity index (χ3n) is 3.84. The van der Waals surface area contributed by atoms with Gasteiger partial charge in [0, 0.05) is 15.3 Å². The van der Waals surface area contributed by atoms with Crippen LogP contribution in [0.1, 0.15) is 33.3 Å². The number of hydrogen-bond acceptors (Lipinski definition) is 3. The molecule has 1 unspecified atom stereocenters. The second kappa shape index (κ2) is 5.54. The molecule has 2 aromatic rings. The summed E-state index contributed by atoms with van der Waals surface area (Å²) in [4.78, 5) is 2.72. The molecule has 3 rings (SSSR count). The Labute approximate surface area is 122 Å². The molecule has 0 saturated heterocycles. The minimum Gasteiger partial charge on any atom is -0.496 e. The molecule has 0 aliphatic heterocycles. The highest BCUT2D eigenvalue weighted by molar-refractivity contribution is 7.12. The molecule has 0 spiro atoms. The third kappa shape index (κ3) is 2.34. The van der Waals surface area contributed by atoms with Crippen LogP contribution < -0.4 is 10.1 Å². The molecule has 1 aromatic carbocycles. The van der Waals surface area contributed by atoms with Crippen LogP contribution in [0.4, 0.5) is 4.39 Å². The van der Waals surface area contributed by atoms with Crippen molar-refractivity contribution in [3.63, 3.8) is 0 Å². The number of benzene rings is 1. The molecule has 1 aliphatic rings. The molecule has 0 saturated carbocycles. The first-order chi connectivity index (χ1) is 9.72. The third-order valence-corrected chi connectivity index (χ3v) is 5.14. The molecule has 1 atom stereocenters. The molecule has 0 bridgehead atoms. The summed E-state index contributed by atoms with van der Waals surface area (Å²) in [5.41, 5.74) is 2.32. The number of nitrogens with one attached hydrogen (secondary N) is 1. The Morgan fingerprint density at radius 1 is 1.30 bits per heavy atom. The van der Waals surface area contributed by atoms with Crippen LogP contribution in [0.15, 0.2) is 24.3 Å². The van der Waals surface area contributed by atoms with E-state index in [1.54, 1.807) is 19.2 Å². The van der Waals surface area contributed by atoms with E-state index in [0.29, 0.717) is 0 Å². The Kier molecular flexibility index (Phi) is 3.76. The molecular weight excluding hydrogens is 273 g/mol. The average Bonchev–Trinajstić information content (AvgIpc) is 3.01. The fourth-order valence-corrected chi connectivity index (χ4v) is 4.26. The smallest absolute Gasteiger partial charge is 0.124 e. The number of halogens is 1. The van der Waals surface area contributed by atoms with Crippen molar-refractivity contribution >= 4 is 11.3 Å². The highest BCUT2D eigenvalue weighted by atomic mass is 32.1. The highest BCUT2D eigenvalue weighted by Gasteiger charge is 2.23. The minimum atomic E-state index is -0.231. The summed E-state index contributed by atoms with van der Waals surface area (Å²) in [5.74, 6) is 0.490. The standard InChI is InChI=1S/C16H18FNOS/c1-18-16(12-9-11(17)6-7-13(12)19-2)15-8-10-4-3-5-14(10)20-15/h6-9,16,18H,3-5H2,1-2H3. The van der Waals surface area contributed by atoms with Crippen LogP contribution >= 0.6 is 11.3 Å². The van der Waals surface area contributed by atoms with Crippen molar-refractivity contribution < 1.29 is 9.13 Å². The van der Waals surface area contributed by atoms with Gasteiger partial charge >= 0.3 is 0 Å². The molecular formula is C16H18FNOS. The lowest BCUT2D eigenvalue weighted by atomic mass is 10.0. The Morgan fingerprint density at radius 3 is 2.85 bits per heavy atom. The van der Waals surface area contributed by atoms with Gasteiger partial charge in [-0.2, -0.15) is 0 Å². The Bertz CT molecular complexity index is 601. The molecule has 1 aromatic heterocycles. The van der Waals surface area contributed by atoms with E-state index in [0.717, 1.165) is 11.3 Å². The predicted molar refractivity (Wildman–Crippen MR) is 80.2 cm³/mol. The zero-order chi connectivity index (χ0) is 14.1. The second-order valence-electron chi connectivity index (χ2n) is 5.06. The van der Waals surface area contributed by atoms with Crippen molar-refractivity contribution in [1.29, 1.82) is 0 Å². The largest absolute Gasteiger partial charge is 0.496 e. The quantitative estimate of drug-likeness (QED) is 0.927. The van der Waals surface area contributed by atoms with Crippen LogP contribution in [0, 0.1) is 5.82 Å². The normalized spacial score (nSPS) is 15.2. The summed E-state index contributed by atoms with van der Waals surface area (Å²) in [6, 6.07) is 6.93.